The van der Waals surface area contributed by atoms with E-state index in [9.17, 15) is 5.11 Å². The number of aliphatic hydroxyl groups excluding tert-OH is 1. The molecule has 1 aliphatic rings. The fraction of sp³-hybridized carbons (Fsp3) is 0.423. The first-order valence-electron chi connectivity index (χ1n) is 11.2. The van der Waals surface area contributed by atoms with Gasteiger partial charge in [-0.3, -0.25) is 0 Å². The van der Waals surface area contributed by atoms with Crippen molar-refractivity contribution in [1.82, 2.24) is 10.3 Å². The highest BCUT2D eigenvalue weighted by Gasteiger charge is 2.43. The number of nitrogens with one attached hydrogen (secondary N) is 1. The number of aryl methyl sites for hydroxylation is 2. The Bertz CT molecular complexity index is 1130. The standard InChI is InChI=1S/C26H32ClN3O2/c1-6-30(18-9-7-8-16(2)12-18)11-10-28-24-20-14-21-19(17(3)13-23(27)29-21)15-22(20)32-26(4,5)25(24)31/h7-9,12-15,24-25,28,31H,6,10-11H2,1-5H3. The summed E-state index contributed by atoms with van der Waals surface area (Å²) >= 11 is 6.21. The summed E-state index contributed by atoms with van der Waals surface area (Å²) in [4.78, 5) is 6.84. The van der Waals surface area contributed by atoms with Crippen molar-refractivity contribution in [1.29, 1.82) is 0 Å². The third kappa shape index (κ3) is 4.42. The number of nitrogens with zero attached hydrogens (tertiary/aromatic N) is 2. The summed E-state index contributed by atoms with van der Waals surface area (Å²) in [6.45, 7) is 12.6. The number of rotatable bonds is 6. The molecule has 2 N–H and O–H groups in total. The van der Waals surface area contributed by atoms with Crippen molar-refractivity contribution < 1.29 is 9.84 Å². The number of likely N-dealkylation sites (N-methyl/N-ethyl adjacent to an activating group) is 1. The molecular weight excluding hydrogens is 422 g/mol. The van der Waals surface area contributed by atoms with E-state index in [-0.39, 0.29) is 6.04 Å². The van der Waals surface area contributed by atoms with E-state index in [4.69, 9.17) is 16.3 Å². The van der Waals surface area contributed by atoms with Crippen LogP contribution in [0.4, 0.5) is 5.69 Å². The van der Waals surface area contributed by atoms with Crippen LogP contribution in [0.5, 0.6) is 5.75 Å². The molecule has 2 unspecified atom stereocenters. The van der Waals surface area contributed by atoms with E-state index in [1.54, 1.807) is 0 Å². The van der Waals surface area contributed by atoms with Crippen molar-refractivity contribution >= 4 is 28.2 Å². The molecule has 6 heteroatoms. The smallest absolute Gasteiger partial charge is 0.131 e. The van der Waals surface area contributed by atoms with E-state index in [1.165, 1.54) is 11.3 Å². The number of aromatic nitrogens is 1. The van der Waals surface area contributed by atoms with Crippen LogP contribution in [0.2, 0.25) is 5.15 Å². The number of halogens is 1. The number of pyridine rings is 1. The van der Waals surface area contributed by atoms with Gasteiger partial charge in [0.2, 0.25) is 0 Å². The maximum atomic E-state index is 11.2. The van der Waals surface area contributed by atoms with Crippen LogP contribution in [-0.2, 0) is 0 Å². The molecule has 0 spiro atoms. The van der Waals surface area contributed by atoms with Crippen molar-refractivity contribution in [2.75, 3.05) is 24.5 Å². The zero-order chi connectivity index (χ0) is 23.0. The highest BCUT2D eigenvalue weighted by molar-refractivity contribution is 6.29. The molecule has 2 aromatic carbocycles. The second kappa shape index (κ2) is 8.89. The predicted octanol–water partition coefficient (Wildman–Crippen LogP) is 5.19. The van der Waals surface area contributed by atoms with Crippen molar-refractivity contribution in [2.45, 2.75) is 52.4 Å². The fourth-order valence-electron chi connectivity index (χ4n) is 4.51. The minimum absolute atomic E-state index is 0.268. The highest BCUT2D eigenvalue weighted by atomic mass is 35.5. The van der Waals surface area contributed by atoms with E-state index in [0.29, 0.717) is 5.15 Å². The van der Waals surface area contributed by atoms with E-state index in [2.05, 4.69) is 53.3 Å². The Morgan fingerprint density at radius 3 is 2.69 bits per heavy atom. The van der Waals surface area contributed by atoms with Gasteiger partial charge in [-0.25, -0.2) is 4.98 Å². The normalized spacial score (nSPS) is 19.5. The second-order valence-electron chi connectivity index (χ2n) is 9.17. The molecule has 0 amide bonds. The van der Waals surface area contributed by atoms with Gasteiger partial charge in [0.25, 0.3) is 0 Å². The van der Waals surface area contributed by atoms with Crippen molar-refractivity contribution in [3.8, 4) is 5.75 Å². The summed E-state index contributed by atoms with van der Waals surface area (Å²) in [7, 11) is 0. The first kappa shape index (κ1) is 22.8. The average Bonchev–Trinajstić information content (AvgIpc) is 2.73. The van der Waals surface area contributed by atoms with Gasteiger partial charge in [-0.1, -0.05) is 23.7 Å². The first-order valence-corrected chi connectivity index (χ1v) is 11.6. The lowest BCUT2D eigenvalue weighted by molar-refractivity contribution is -0.0641. The Morgan fingerprint density at radius 1 is 1.19 bits per heavy atom. The summed E-state index contributed by atoms with van der Waals surface area (Å²) in [6, 6.07) is 14.2. The molecule has 2 heterocycles. The van der Waals surface area contributed by atoms with Crippen molar-refractivity contribution in [3.63, 3.8) is 0 Å². The number of aliphatic hydroxyl groups is 1. The molecule has 5 nitrogen and oxygen atoms in total. The third-order valence-electron chi connectivity index (χ3n) is 6.35. The lowest BCUT2D eigenvalue weighted by atomic mass is 9.85. The Balaban J connectivity index is 1.61. The zero-order valence-electron chi connectivity index (χ0n) is 19.4. The second-order valence-corrected chi connectivity index (χ2v) is 9.56. The van der Waals surface area contributed by atoms with Gasteiger partial charge in [0.05, 0.1) is 11.6 Å². The molecule has 0 bridgehead atoms. The lowest BCUT2D eigenvalue weighted by Crippen LogP contribution is -2.53. The molecule has 1 aliphatic heterocycles. The molecule has 0 aliphatic carbocycles. The van der Waals surface area contributed by atoms with Crippen LogP contribution in [0.3, 0.4) is 0 Å². The molecule has 0 saturated heterocycles. The number of ether oxygens (including phenoxy) is 1. The van der Waals surface area contributed by atoms with Crippen LogP contribution in [0.25, 0.3) is 10.9 Å². The molecule has 4 rings (SSSR count). The number of anilines is 1. The number of hydrogen-bond donors (Lipinski definition) is 2. The van der Waals surface area contributed by atoms with Gasteiger partial charge in [0.15, 0.2) is 0 Å². The Kier molecular flexibility index (Phi) is 6.35. The summed E-state index contributed by atoms with van der Waals surface area (Å²) in [6.07, 6.45) is -0.707. The molecule has 1 aromatic heterocycles. The minimum atomic E-state index is -0.715. The summed E-state index contributed by atoms with van der Waals surface area (Å²) < 4.78 is 6.23. The van der Waals surface area contributed by atoms with E-state index in [1.807, 2.05) is 39.0 Å². The summed E-state index contributed by atoms with van der Waals surface area (Å²) in [5.74, 6) is 0.781. The molecule has 2 atom stereocenters. The van der Waals surface area contributed by atoms with Crippen LogP contribution in [-0.4, -0.2) is 41.4 Å². The van der Waals surface area contributed by atoms with Gasteiger partial charge >= 0.3 is 0 Å². The summed E-state index contributed by atoms with van der Waals surface area (Å²) in [5, 5.41) is 16.2. The van der Waals surface area contributed by atoms with Crippen LogP contribution in [0, 0.1) is 13.8 Å². The Morgan fingerprint density at radius 2 is 1.97 bits per heavy atom. The molecule has 32 heavy (non-hydrogen) atoms. The largest absolute Gasteiger partial charge is 0.485 e. The molecule has 0 saturated carbocycles. The fourth-order valence-corrected chi connectivity index (χ4v) is 4.77. The van der Waals surface area contributed by atoms with E-state index >= 15 is 0 Å². The Hall–Kier alpha value is -2.34. The van der Waals surface area contributed by atoms with Crippen molar-refractivity contribution in [3.05, 3.63) is 64.3 Å². The van der Waals surface area contributed by atoms with Gasteiger partial charge in [-0.15, -0.1) is 0 Å². The van der Waals surface area contributed by atoms with Gasteiger partial charge in [-0.2, -0.15) is 0 Å². The first-order chi connectivity index (χ1) is 15.2. The van der Waals surface area contributed by atoms with Gasteiger partial charge in [0, 0.05) is 36.3 Å². The molecule has 0 fully saturated rings. The molecule has 0 radical (unpaired) electrons. The molecule has 170 valence electrons. The number of hydrogen-bond acceptors (Lipinski definition) is 5. The average molecular weight is 454 g/mol. The zero-order valence-corrected chi connectivity index (χ0v) is 20.2. The van der Waals surface area contributed by atoms with Crippen LogP contribution in [0.1, 0.15) is 43.5 Å². The number of fused-ring (bicyclic) bond motifs is 2. The maximum absolute atomic E-state index is 11.2. The molecular formula is C26H32ClN3O2. The highest BCUT2D eigenvalue weighted by Crippen LogP contribution is 2.42. The third-order valence-corrected chi connectivity index (χ3v) is 6.54. The van der Waals surface area contributed by atoms with Crippen LogP contribution < -0.4 is 15.0 Å². The van der Waals surface area contributed by atoms with E-state index in [0.717, 1.165) is 47.4 Å². The van der Waals surface area contributed by atoms with Crippen LogP contribution in [0.15, 0.2) is 42.5 Å². The van der Waals surface area contributed by atoms with Gasteiger partial charge < -0.3 is 20.1 Å². The molecule has 3 aromatic rings. The lowest BCUT2D eigenvalue weighted by Gasteiger charge is -2.42. The van der Waals surface area contributed by atoms with Gasteiger partial charge in [0.1, 0.15) is 22.6 Å². The predicted molar refractivity (Wildman–Crippen MR) is 132 cm³/mol. The van der Waals surface area contributed by atoms with Crippen LogP contribution >= 0.6 is 11.6 Å². The quantitative estimate of drug-likeness (QED) is 0.503. The van der Waals surface area contributed by atoms with Crippen molar-refractivity contribution in [2.24, 2.45) is 0 Å². The van der Waals surface area contributed by atoms with Gasteiger partial charge in [-0.05, 0) is 76.1 Å². The Labute approximate surface area is 195 Å². The monoisotopic (exact) mass is 453 g/mol. The van der Waals surface area contributed by atoms with E-state index < -0.39 is 11.7 Å². The topological polar surface area (TPSA) is 57.6 Å². The summed E-state index contributed by atoms with van der Waals surface area (Å²) in [5.41, 5.74) is 4.52. The maximum Gasteiger partial charge on any atom is 0.131 e. The minimum Gasteiger partial charge on any atom is -0.485 e. The number of benzene rings is 2. The SMILES string of the molecule is CCN(CCNC1c2cc3nc(Cl)cc(C)c3cc2OC(C)(C)C1O)c1cccc(C)c1.